The van der Waals surface area contributed by atoms with Crippen LogP contribution in [0.3, 0.4) is 0 Å². The Balaban J connectivity index is 1.61. The second-order valence-electron chi connectivity index (χ2n) is 7.44. The van der Waals surface area contributed by atoms with Gasteiger partial charge >= 0.3 is 0 Å². The van der Waals surface area contributed by atoms with E-state index in [1.54, 1.807) is 18.2 Å². The fourth-order valence-electron chi connectivity index (χ4n) is 3.35. The minimum Gasteiger partial charge on any atom is -0.345 e. The molecule has 3 rings (SSSR count). The van der Waals surface area contributed by atoms with Crippen molar-refractivity contribution in [1.82, 2.24) is 10.2 Å². The zero-order valence-electron chi connectivity index (χ0n) is 17.9. The van der Waals surface area contributed by atoms with Crippen LogP contribution >= 0.6 is 0 Å². The molecular weight excluding hydrogens is 390 g/mol. The van der Waals surface area contributed by atoms with Crippen molar-refractivity contribution in [2.45, 2.75) is 20.3 Å². The number of carbonyl (C=O) groups excluding carboxylic acids is 3. The van der Waals surface area contributed by atoms with Crippen LogP contribution in [0, 0.1) is 6.92 Å². The van der Waals surface area contributed by atoms with Crippen LogP contribution in [-0.2, 0) is 9.59 Å². The van der Waals surface area contributed by atoms with E-state index in [-0.39, 0.29) is 30.8 Å². The number of hydrogen-bond acceptors (Lipinski definition) is 3. The minimum absolute atomic E-state index is 0.103. The molecule has 0 fully saturated rings. The molecule has 0 aromatic heterocycles. The fourth-order valence-corrected chi connectivity index (χ4v) is 3.35. The molecule has 0 aliphatic heterocycles. The van der Waals surface area contributed by atoms with E-state index in [0.717, 1.165) is 22.8 Å². The van der Waals surface area contributed by atoms with E-state index < -0.39 is 0 Å². The number of carbonyl (C=O) groups is 3. The Kier molecular flexibility index (Phi) is 7.38. The lowest BCUT2D eigenvalue weighted by molar-refractivity contribution is -0.124. The van der Waals surface area contributed by atoms with Crippen molar-refractivity contribution >= 4 is 34.2 Å². The molecule has 0 spiro atoms. The van der Waals surface area contributed by atoms with E-state index in [2.05, 4.69) is 10.6 Å². The lowest BCUT2D eigenvalue weighted by Gasteiger charge is -2.22. The highest BCUT2D eigenvalue weighted by atomic mass is 16.2. The molecule has 3 amide bonds. The van der Waals surface area contributed by atoms with Crippen molar-refractivity contribution in [3.63, 3.8) is 0 Å². The maximum atomic E-state index is 13.2. The molecule has 0 saturated heterocycles. The maximum absolute atomic E-state index is 13.2. The lowest BCUT2D eigenvalue weighted by atomic mass is 10.0. The summed E-state index contributed by atoms with van der Waals surface area (Å²) in [5.41, 5.74) is 2.33. The van der Waals surface area contributed by atoms with Crippen LogP contribution in [0.5, 0.6) is 0 Å². The molecule has 0 unspecified atom stereocenters. The Morgan fingerprint density at radius 3 is 2.32 bits per heavy atom. The predicted molar refractivity (Wildman–Crippen MR) is 123 cm³/mol. The van der Waals surface area contributed by atoms with Crippen LogP contribution in [0.1, 0.15) is 29.3 Å². The van der Waals surface area contributed by atoms with Gasteiger partial charge in [0.25, 0.3) is 5.91 Å². The molecule has 31 heavy (non-hydrogen) atoms. The van der Waals surface area contributed by atoms with Crippen molar-refractivity contribution in [2.75, 3.05) is 25.0 Å². The van der Waals surface area contributed by atoms with Crippen molar-refractivity contribution in [1.29, 1.82) is 0 Å². The number of benzene rings is 3. The van der Waals surface area contributed by atoms with Gasteiger partial charge in [0.2, 0.25) is 11.8 Å². The number of anilines is 1. The van der Waals surface area contributed by atoms with Crippen molar-refractivity contribution in [3.05, 3.63) is 77.9 Å². The molecule has 6 heteroatoms. The first-order chi connectivity index (χ1) is 15.0. The quantitative estimate of drug-likeness (QED) is 0.586. The molecular formula is C25H27N3O3. The number of rotatable bonds is 8. The predicted octanol–water partition coefficient (Wildman–Crippen LogP) is 3.76. The summed E-state index contributed by atoms with van der Waals surface area (Å²) in [6.45, 7) is 4.11. The Morgan fingerprint density at radius 2 is 1.58 bits per heavy atom. The van der Waals surface area contributed by atoms with Gasteiger partial charge in [-0.2, -0.15) is 0 Å². The summed E-state index contributed by atoms with van der Waals surface area (Å²) in [5.74, 6) is -0.890. The highest BCUT2D eigenvalue weighted by Crippen LogP contribution is 2.20. The molecule has 3 aromatic carbocycles. The van der Waals surface area contributed by atoms with Crippen LogP contribution in [0.2, 0.25) is 0 Å². The fraction of sp³-hybridized carbons (Fsp3) is 0.240. The molecule has 0 radical (unpaired) electrons. The highest BCUT2D eigenvalue weighted by molar-refractivity contribution is 6.08. The molecule has 0 heterocycles. The van der Waals surface area contributed by atoms with Crippen molar-refractivity contribution < 1.29 is 14.4 Å². The van der Waals surface area contributed by atoms with Gasteiger partial charge in [0.1, 0.15) is 0 Å². The summed E-state index contributed by atoms with van der Waals surface area (Å²) in [4.78, 5) is 39.2. The zero-order valence-corrected chi connectivity index (χ0v) is 17.9. The second-order valence-corrected chi connectivity index (χ2v) is 7.44. The van der Waals surface area contributed by atoms with Gasteiger partial charge in [-0.3, -0.25) is 14.4 Å². The van der Waals surface area contributed by atoms with Gasteiger partial charge in [-0.1, -0.05) is 61.0 Å². The van der Waals surface area contributed by atoms with Gasteiger partial charge in [-0.15, -0.1) is 0 Å². The van der Waals surface area contributed by atoms with Crippen LogP contribution in [0.15, 0.2) is 66.7 Å². The third-order valence-corrected chi connectivity index (χ3v) is 4.92. The van der Waals surface area contributed by atoms with E-state index in [9.17, 15) is 14.4 Å². The zero-order chi connectivity index (χ0) is 22.2. The average molecular weight is 418 g/mol. The summed E-state index contributed by atoms with van der Waals surface area (Å²) in [7, 11) is 0. The highest BCUT2D eigenvalue weighted by Gasteiger charge is 2.20. The summed E-state index contributed by atoms with van der Waals surface area (Å²) >= 11 is 0. The van der Waals surface area contributed by atoms with Crippen LogP contribution in [-0.4, -0.2) is 42.3 Å². The smallest absolute Gasteiger partial charge is 0.254 e. The van der Waals surface area contributed by atoms with E-state index in [1.165, 1.54) is 4.90 Å². The monoisotopic (exact) mass is 417 g/mol. The molecule has 2 N–H and O–H groups in total. The van der Waals surface area contributed by atoms with Crippen LogP contribution < -0.4 is 10.6 Å². The minimum atomic E-state index is -0.374. The summed E-state index contributed by atoms with van der Waals surface area (Å²) in [6.07, 6.45) is 0.720. The molecule has 3 aromatic rings. The third-order valence-electron chi connectivity index (χ3n) is 4.92. The molecule has 160 valence electrons. The molecule has 0 atom stereocenters. The molecule has 0 bridgehead atoms. The number of fused-ring (bicyclic) bond motifs is 1. The lowest BCUT2D eigenvalue weighted by Crippen LogP contribution is -2.43. The van der Waals surface area contributed by atoms with E-state index in [0.29, 0.717) is 17.8 Å². The van der Waals surface area contributed by atoms with Crippen molar-refractivity contribution in [2.24, 2.45) is 0 Å². The van der Waals surface area contributed by atoms with E-state index in [1.807, 2.05) is 62.4 Å². The molecule has 6 nitrogen and oxygen atoms in total. The summed E-state index contributed by atoms with van der Waals surface area (Å²) in [5, 5.41) is 7.17. The largest absolute Gasteiger partial charge is 0.345 e. The topological polar surface area (TPSA) is 78.5 Å². The number of aryl methyl sites for hydroxylation is 1. The van der Waals surface area contributed by atoms with Crippen LogP contribution in [0.25, 0.3) is 10.8 Å². The molecule has 0 aliphatic carbocycles. The van der Waals surface area contributed by atoms with Gasteiger partial charge in [0, 0.05) is 17.8 Å². The first-order valence-corrected chi connectivity index (χ1v) is 10.4. The normalized spacial score (nSPS) is 10.5. The molecule has 0 aliphatic rings. The van der Waals surface area contributed by atoms with E-state index in [4.69, 9.17) is 0 Å². The molecule has 0 saturated carbocycles. The third kappa shape index (κ3) is 5.92. The number of nitrogens with one attached hydrogen (secondary N) is 2. The first kappa shape index (κ1) is 22.0. The summed E-state index contributed by atoms with van der Waals surface area (Å²) in [6, 6.07) is 20.7. The van der Waals surface area contributed by atoms with Gasteiger partial charge in [-0.05, 0) is 42.3 Å². The number of nitrogens with zero attached hydrogens (tertiary/aromatic N) is 1. The first-order valence-electron chi connectivity index (χ1n) is 10.4. The number of hydrogen-bond donors (Lipinski definition) is 2. The average Bonchev–Trinajstić information content (AvgIpc) is 2.78. The standard InChI is InChI=1S/C25H27N3O3/c1-3-15-28(25(31)22-10-6-8-19-7-4-5-9-21(19)22)17-24(30)26-16-23(29)27-20-13-11-18(2)12-14-20/h4-14H,3,15-17H2,1-2H3,(H,26,30)(H,27,29). The SMILES string of the molecule is CCCN(CC(=O)NCC(=O)Nc1ccc(C)cc1)C(=O)c1cccc2ccccc12. The van der Waals surface area contributed by atoms with Crippen LogP contribution in [0.4, 0.5) is 5.69 Å². The van der Waals surface area contributed by atoms with Gasteiger partial charge in [0.15, 0.2) is 0 Å². The second kappa shape index (κ2) is 10.4. The van der Waals surface area contributed by atoms with Crippen molar-refractivity contribution in [3.8, 4) is 0 Å². The van der Waals surface area contributed by atoms with Gasteiger partial charge < -0.3 is 15.5 Å². The van der Waals surface area contributed by atoms with E-state index >= 15 is 0 Å². The Bertz CT molecular complexity index is 1070. The Morgan fingerprint density at radius 1 is 0.871 bits per heavy atom. The van der Waals surface area contributed by atoms with Gasteiger partial charge in [0.05, 0.1) is 13.1 Å². The summed E-state index contributed by atoms with van der Waals surface area (Å²) < 4.78 is 0. The Labute approximate surface area is 182 Å². The maximum Gasteiger partial charge on any atom is 0.254 e. The van der Waals surface area contributed by atoms with Gasteiger partial charge in [-0.25, -0.2) is 0 Å². The Hall–Kier alpha value is -3.67. The number of amides is 3.